The highest BCUT2D eigenvalue weighted by Gasteiger charge is 2.16. The van der Waals surface area contributed by atoms with E-state index in [-0.39, 0.29) is 0 Å². The van der Waals surface area contributed by atoms with Crippen LogP contribution in [0.25, 0.3) is 9.75 Å². The molecule has 1 nitrogen and oxygen atoms in total. The van der Waals surface area contributed by atoms with Crippen molar-refractivity contribution in [1.82, 2.24) is 0 Å². The minimum absolute atomic E-state index is 0.808. The van der Waals surface area contributed by atoms with E-state index in [1.165, 1.54) is 64.5 Å². The fourth-order valence-corrected chi connectivity index (χ4v) is 6.62. The number of thiophene rings is 2. The van der Waals surface area contributed by atoms with Gasteiger partial charge < -0.3 is 0 Å². The molecule has 0 aliphatic carbocycles. The van der Waals surface area contributed by atoms with Crippen LogP contribution >= 0.6 is 22.7 Å². The van der Waals surface area contributed by atoms with Crippen molar-refractivity contribution in [3.05, 3.63) is 28.0 Å². The molecule has 2 heterocycles. The first-order valence-corrected chi connectivity index (χ1v) is 12.1. The van der Waals surface area contributed by atoms with Crippen LogP contribution in [0.1, 0.15) is 68.0 Å². The van der Waals surface area contributed by atoms with Gasteiger partial charge in [0.2, 0.25) is 0 Å². The largest absolute Gasteiger partial charge is 0.254 e. The van der Waals surface area contributed by atoms with Gasteiger partial charge in [-0.05, 0) is 38.5 Å². The molecule has 2 rings (SSSR count). The van der Waals surface area contributed by atoms with E-state index in [1.807, 2.05) is 0 Å². The number of rotatable bonds is 11. The van der Waals surface area contributed by atoms with Gasteiger partial charge in [0.1, 0.15) is 0 Å². The summed E-state index contributed by atoms with van der Waals surface area (Å²) in [5, 5.41) is 0. The zero-order chi connectivity index (χ0) is 17.4. The molecule has 0 fully saturated rings. The Kier molecular flexibility index (Phi) is 8.71. The Morgan fingerprint density at radius 1 is 0.875 bits per heavy atom. The molecule has 0 saturated carbocycles. The molecule has 2 aromatic heterocycles. The minimum Gasteiger partial charge on any atom is -0.254 e. The van der Waals surface area contributed by atoms with Crippen molar-refractivity contribution < 1.29 is 4.21 Å². The maximum Gasteiger partial charge on any atom is 0.0606 e. The number of aryl methyl sites for hydroxylation is 2. The average molecular weight is 383 g/mol. The third kappa shape index (κ3) is 6.12. The van der Waals surface area contributed by atoms with Gasteiger partial charge in [-0.1, -0.05) is 51.9 Å². The lowest BCUT2D eigenvalue weighted by molar-refractivity contribution is 0.584. The second-order valence-corrected chi connectivity index (χ2v) is 10.6. The van der Waals surface area contributed by atoms with Crippen LogP contribution in [0.4, 0.5) is 0 Å². The van der Waals surface area contributed by atoms with Gasteiger partial charge in [0, 0.05) is 20.4 Å². The second-order valence-electron chi connectivity index (χ2n) is 6.49. The number of unbranched alkanes of at least 4 members (excludes halogenated alkanes) is 7. The molecule has 24 heavy (non-hydrogen) atoms. The van der Waals surface area contributed by atoms with Crippen molar-refractivity contribution in [2.75, 3.05) is 5.75 Å². The normalized spacial score (nSPS) is 12.6. The lowest BCUT2D eigenvalue weighted by atomic mass is 10.1. The fourth-order valence-electron chi connectivity index (χ4n) is 2.87. The molecule has 0 aromatic carbocycles. The molecule has 0 radical (unpaired) electrons. The highest BCUT2D eigenvalue weighted by atomic mass is 32.2. The summed E-state index contributed by atoms with van der Waals surface area (Å²) in [6, 6.07) is 6.46. The highest BCUT2D eigenvalue weighted by Crippen LogP contribution is 2.38. The van der Waals surface area contributed by atoms with Gasteiger partial charge in [0.15, 0.2) is 0 Å². The van der Waals surface area contributed by atoms with E-state index < -0.39 is 10.8 Å². The van der Waals surface area contributed by atoms with Crippen LogP contribution in [0.3, 0.4) is 0 Å². The zero-order valence-electron chi connectivity index (χ0n) is 15.2. The molecular formula is C20H30OS3. The molecule has 2 aromatic rings. The third-order valence-corrected chi connectivity index (χ3v) is 8.05. The van der Waals surface area contributed by atoms with E-state index in [9.17, 15) is 4.21 Å². The quantitative estimate of drug-likeness (QED) is 0.371. The summed E-state index contributed by atoms with van der Waals surface area (Å²) in [6.45, 7) is 6.50. The van der Waals surface area contributed by atoms with Gasteiger partial charge >= 0.3 is 0 Å². The van der Waals surface area contributed by atoms with Gasteiger partial charge in [0.25, 0.3) is 0 Å². The first-order valence-electron chi connectivity index (χ1n) is 9.17. The predicted molar refractivity (Wildman–Crippen MR) is 111 cm³/mol. The molecule has 4 heteroatoms. The Bertz CT molecular complexity index is 639. The molecule has 0 N–H and O–H groups in total. The predicted octanol–water partition coefficient (Wildman–Crippen LogP) is 7.34. The minimum atomic E-state index is -0.859. The van der Waals surface area contributed by atoms with E-state index in [4.69, 9.17) is 0 Å². The summed E-state index contributed by atoms with van der Waals surface area (Å²) in [6.07, 6.45) is 10.3. The van der Waals surface area contributed by atoms with Crippen molar-refractivity contribution in [2.45, 2.75) is 77.0 Å². The second kappa shape index (κ2) is 10.5. The summed E-state index contributed by atoms with van der Waals surface area (Å²) >= 11 is 3.58. The Morgan fingerprint density at radius 3 is 2.17 bits per heavy atom. The molecule has 1 unspecified atom stereocenters. The van der Waals surface area contributed by atoms with Gasteiger partial charge in [0.05, 0.1) is 20.6 Å². The van der Waals surface area contributed by atoms with Gasteiger partial charge in [-0.3, -0.25) is 4.21 Å². The van der Waals surface area contributed by atoms with Crippen molar-refractivity contribution in [1.29, 1.82) is 0 Å². The summed E-state index contributed by atoms with van der Waals surface area (Å²) in [7, 11) is -0.859. The van der Waals surface area contributed by atoms with Crippen LogP contribution in [0.15, 0.2) is 23.1 Å². The van der Waals surface area contributed by atoms with Crippen LogP contribution in [-0.2, 0) is 10.8 Å². The fraction of sp³-hybridized carbons (Fsp3) is 0.600. The van der Waals surface area contributed by atoms with Gasteiger partial charge in [-0.25, -0.2) is 0 Å². The van der Waals surface area contributed by atoms with Crippen molar-refractivity contribution in [3.63, 3.8) is 0 Å². The summed E-state index contributed by atoms with van der Waals surface area (Å²) in [4.78, 5) is 6.13. The SMILES string of the molecule is CCCCCCCCCCS(=O)c1cc(C)sc1-c1ccc(C)s1. The maximum atomic E-state index is 12.8. The Morgan fingerprint density at radius 2 is 1.54 bits per heavy atom. The first-order chi connectivity index (χ1) is 11.6. The van der Waals surface area contributed by atoms with Crippen LogP contribution in [0.5, 0.6) is 0 Å². The van der Waals surface area contributed by atoms with Crippen molar-refractivity contribution in [2.24, 2.45) is 0 Å². The van der Waals surface area contributed by atoms with Gasteiger partial charge in [-0.2, -0.15) is 0 Å². The van der Waals surface area contributed by atoms with E-state index in [1.54, 1.807) is 22.7 Å². The summed E-state index contributed by atoms with van der Waals surface area (Å²) in [5.74, 6) is 0.808. The Hall–Kier alpha value is -0.450. The number of hydrogen-bond acceptors (Lipinski definition) is 3. The molecule has 0 saturated heterocycles. The molecule has 0 aliphatic rings. The zero-order valence-corrected chi connectivity index (χ0v) is 17.7. The number of hydrogen-bond donors (Lipinski definition) is 0. The topological polar surface area (TPSA) is 17.1 Å². The van der Waals surface area contributed by atoms with Gasteiger partial charge in [-0.15, -0.1) is 22.7 Å². The maximum absolute atomic E-state index is 12.8. The summed E-state index contributed by atoms with van der Waals surface area (Å²) in [5.41, 5.74) is 0. The standard InChI is InChI=1S/C20H30OS3/c1-4-5-6-7-8-9-10-11-14-24(21)19-15-17(3)23-20(19)18-13-12-16(2)22-18/h12-13,15H,4-11,14H2,1-3H3. The smallest absolute Gasteiger partial charge is 0.0606 e. The third-order valence-electron chi connectivity index (χ3n) is 4.21. The lowest BCUT2D eigenvalue weighted by Crippen LogP contribution is -1.98. The Labute approximate surface area is 158 Å². The molecule has 0 amide bonds. The van der Waals surface area contributed by atoms with E-state index >= 15 is 0 Å². The van der Waals surface area contributed by atoms with Crippen molar-refractivity contribution in [3.8, 4) is 9.75 Å². The van der Waals surface area contributed by atoms with Crippen LogP contribution in [0, 0.1) is 13.8 Å². The van der Waals surface area contributed by atoms with E-state index in [2.05, 4.69) is 39.0 Å². The molecule has 134 valence electrons. The van der Waals surface area contributed by atoms with Crippen LogP contribution in [-0.4, -0.2) is 9.96 Å². The average Bonchev–Trinajstić information content (AvgIpc) is 3.15. The Balaban J connectivity index is 1.81. The molecule has 1 atom stereocenters. The van der Waals surface area contributed by atoms with E-state index in [0.29, 0.717) is 0 Å². The first kappa shape index (κ1) is 19.9. The molecule has 0 spiro atoms. The van der Waals surface area contributed by atoms with E-state index in [0.717, 1.165) is 17.1 Å². The lowest BCUT2D eigenvalue weighted by Gasteiger charge is -2.04. The van der Waals surface area contributed by atoms with Crippen molar-refractivity contribution >= 4 is 33.5 Å². The summed E-state index contributed by atoms with van der Waals surface area (Å²) < 4.78 is 12.8. The molecule has 0 bridgehead atoms. The monoisotopic (exact) mass is 382 g/mol. The van der Waals surface area contributed by atoms with Crippen LogP contribution in [0.2, 0.25) is 0 Å². The van der Waals surface area contributed by atoms with Crippen LogP contribution < -0.4 is 0 Å². The highest BCUT2D eigenvalue weighted by molar-refractivity contribution is 7.85. The molecule has 0 aliphatic heterocycles. The molecular weight excluding hydrogens is 352 g/mol.